The van der Waals surface area contributed by atoms with E-state index in [0.29, 0.717) is 6.54 Å². The number of aliphatic hydroxyl groups excluding tert-OH is 1. The van der Waals surface area contributed by atoms with Crippen molar-refractivity contribution in [2.24, 2.45) is 5.73 Å². The van der Waals surface area contributed by atoms with Crippen LogP contribution in [-0.2, 0) is 4.79 Å². The van der Waals surface area contributed by atoms with E-state index in [-0.39, 0.29) is 18.9 Å². The van der Waals surface area contributed by atoms with Crippen LogP contribution < -0.4 is 15.8 Å². The Hall–Kier alpha value is -1.59. The molecule has 0 heterocycles. The number of nitrogens with two attached hydrogens (primary N) is 1. The van der Waals surface area contributed by atoms with Gasteiger partial charge in [-0.25, -0.2) is 0 Å². The van der Waals surface area contributed by atoms with Gasteiger partial charge >= 0.3 is 0 Å². The Morgan fingerprint density at radius 1 is 1.40 bits per heavy atom. The molecule has 0 saturated carbocycles. The first-order valence-corrected chi connectivity index (χ1v) is 6.69. The van der Waals surface area contributed by atoms with Crippen LogP contribution in [0.3, 0.4) is 0 Å². The molecule has 0 aliphatic rings. The molecule has 1 amide bonds. The number of hydrogen-bond acceptors (Lipinski definition) is 4. The van der Waals surface area contributed by atoms with E-state index in [1.54, 1.807) is 0 Å². The van der Waals surface area contributed by atoms with Gasteiger partial charge in [-0.1, -0.05) is 17.7 Å². The van der Waals surface area contributed by atoms with Crippen molar-refractivity contribution in [1.29, 1.82) is 0 Å². The highest BCUT2D eigenvalue weighted by atomic mass is 16.5. The first kappa shape index (κ1) is 16.5. The summed E-state index contributed by atoms with van der Waals surface area (Å²) in [4.78, 5) is 10.9. The first-order chi connectivity index (χ1) is 9.28. The normalized spacial score (nSPS) is 13.0. The van der Waals surface area contributed by atoms with Crippen molar-refractivity contribution in [2.45, 2.75) is 38.8 Å². The fourth-order valence-electron chi connectivity index (χ4n) is 1.78. The average Bonchev–Trinajstić information content (AvgIpc) is 2.34. The number of ether oxygens (including phenoxy) is 1. The molecule has 1 aromatic carbocycles. The Labute approximate surface area is 120 Å². The number of carbonyl (C=O) groups excluding carboxylic acids is 1. The minimum absolute atomic E-state index is 0.197. The SMILES string of the molecule is Cc1ccc(OCC(O)CNC(C)(C)CC(N)=O)cc1. The molecule has 1 atom stereocenters. The van der Waals surface area contributed by atoms with Crippen LogP contribution in [0.15, 0.2) is 24.3 Å². The van der Waals surface area contributed by atoms with E-state index in [4.69, 9.17) is 10.5 Å². The lowest BCUT2D eigenvalue weighted by Gasteiger charge is -2.26. The summed E-state index contributed by atoms with van der Waals surface area (Å²) in [6, 6.07) is 7.64. The van der Waals surface area contributed by atoms with Crippen LogP contribution in [-0.4, -0.2) is 35.8 Å². The first-order valence-electron chi connectivity index (χ1n) is 6.69. The number of hydrogen-bond donors (Lipinski definition) is 3. The van der Waals surface area contributed by atoms with Crippen molar-refractivity contribution in [3.8, 4) is 5.75 Å². The summed E-state index contributed by atoms with van der Waals surface area (Å²) in [5.74, 6) is 0.360. The predicted octanol–water partition coefficient (Wildman–Crippen LogP) is 0.978. The lowest BCUT2D eigenvalue weighted by molar-refractivity contribution is -0.119. The van der Waals surface area contributed by atoms with Gasteiger partial charge in [-0.15, -0.1) is 0 Å². The van der Waals surface area contributed by atoms with Gasteiger partial charge in [-0.3, -0.25) is 4.79 Å². The standard InChI is InChI=1S/C15H24N2O3/c1-11-4-6-13(7-5-11)20-10-12(18)9-17-15(2,3)8-14(16)19/h4-7,12,17-18H,8-10H2,1-3H3,(H2,16,19). The van der Waals surface area contributed by atoms with Crippen LogP contribution in [0.1, 0.15) is 25.8 Å². The largest absolute Gasteiger partial charge is 0.491 e. The highest BCUT2D eigenvalue weighted by Crippen LogP contribution is 2.12. The molecule has 112 valence electrons. The Morgan fingerprint density at radius 2 is 2.00 bits per heavy atom. The maximum atomic E-state index is 10.9. The van der Waals surface area contributed by atoms with Crippen molar-refractivity contribution < 1.29 is 14.6 Å². The molecule has 1 unspecified atom stereocenters. The smallest absolute Gasteiger partial charge is 0.219 e. The van der Waals surface area contributed by atoms with Gasteiger partial charge in [0.05, 0.1) is 0 Å². The molecule has 1 rings (SSSR count). The number of β-amino-alcohol motifs (C(OH)–C–C–N with tert-alkyl or cyclic N) is 1. The minimum Gasteiger partial charge on any atom is -0.491 e. The molecule has 0 bridgehead atoms. The fourth-order valence-corrected chi connectivity index (χ4v) is 1.78. The number of primary amides is 1. The van der Waals surface area contributed by atoms with E-state index in [9.17, 15) is 9.90 Å². The molecule has 0 saturated heterocycles. The van der Waals surface area contributed by atoms with Gasteiger partial charge < -0.3 is 20.9 Å². The number of nitrogens with one attached hydrogen (secondary N) is 1. The van der Waals surface area contributed by atoms with Crippen molar-refractivity contribution in [1.82, 2.24) is 5.32 Å². The van der Waals surface area contributed by atoms with Crippen LogP contribution >= 0.6 is 0 Å². The second-order valence-electron chi connectivity index (χ2n) is 5.69. The molecule has 0 aliphatic carbocycles. The quantitative estimate of drug-likeness (QED) is 0.662. The van der Waals surface area contributed by atoms with Crippen molar-refractivity contribution in [2.75, 3.05) is 13.2 Å². The highest BCUT2D eigenvalue weighted by Gasteiger charge is 2.21. The Kier molecular flexibility index (Phi) is 5.98. The molecular weight excluding hydrogens is 256 g/mol. The lowest BCUT2D eigenvalue weighted by Crippen LogP contribution is -2.46. The molecule has 0 radical (unpaired) electrons. The third-order valence-corrected chi connectivity index (χ3v) is 2.90. The third-order valence-electron chi connectivity index (χ3n) is 2.90. The summed E-state index contributed by atoms with van der Waals surface area (Å²) >= 11 is 0. The summed E-state index contributed by atoms with van der Waals surface area (Å²) in [7, 11) is 0. The van der Waals surface area contributed by atoms with Crippen LogP contribution in [0.5, 0.6) is 5.75 Å². The Bertz CT molecular complexity index is 429. The molecule has 5 heteroatoms. The van der Waals surface area contributed by atoms with Crippen molar-refractivity contribution in [3.63, 3.8) is 0 Å². The number of carbonyl (C=O) groups is 1. The lowest BCUT2D eigenvalue weighted by atomic mass is 10.0. The average molecular weight is 280 g/mol. The molecule has 20 heavy (non-hydrogen) atoms. The highest BCUT2D eigenvalue weighted by molar-refractivity contribution is 5.74. The maximum Gasteiger partial charge on any atom is 0.219 e. The maximum absolute atomic E-state index is 10.9. The zero-order valence-corrected chi connectivity index (χ0v) is 12.3. The Balaban J connectivity index is 2.31. The molecule has 0 aliphatic heterocycles. The van der Waals surface area contributed by atoms with E-state index in [2.05, 4.69) is 5.32 Å². The predicted molar refractivity (Wildman–Crippen MR) is 78.6 cm³/mol. The monoisotopic (exact) mass is 280 g/mol. The molecule has 1 aromatic rings. The number of aryl methyl sites for hydroxylation is 1. The van der Waals surface area contributed by atoms with E-state index in [1.807, 2.05) is 45.0 Å². The minimum atomic E-state index is -0.650. The molecule has 0 aromatic heterocycles. The summed E-state index contributed by atoms with van der Waals surface area (Å²) in [6.45, 7) is 6.27. The van der Waals surface area contributed by atoms with Gasteiger partial charge in [0.25, 0.3) is 0 Å². The zero-order chi connectivity index (χ0) is 15.2. The number of benzene rings is 1. The molecule has 4 N–H and O–H groups in total. The zero-order valence-electron chi connectivity index (χ0n) is 12.3. The van der Waals surface area contributed by atoms with Crippen LogP contribution in [0.2, 0.25) is 0 Å². The molecular formula is C15H24N2O3. The van der Waals surface area contributed by atoms with E-state index >= 15 is 0 Å². The number of aliphatic hydroxyl groups is 1. The van der Waals surface area contributed by atoms with Crippen LogP contribution in [0.25, 0.3) is 0 Å². The van der Waals surface area contributed by atoms with Crippen molar-refractivity contribution in [3.05, 3.63) is 29.8 Å². The summed E-state index contributed by atoms with van der Waals surface area (Å²) in [5, 5.41) is 13.0. The fraction of sp³-hybridized carbons (Fsp3) is 0.533. The number of amides is 1. The summed E-state index contributed by atoms with van der Waals surface area (Å²) in [5.41, 5.74) is 5.89. The van der Waals surface area contributed by atoms with E-state index in [1.165, 1.54) is 0 Å². The third kappa shape index (κ3) is 6.54. The van der Waals surface area contributed by atoms with Gasteiger partial charge in [0.15, 0.2) is 0 Å². The summed E-state index contributed by atoms with van der Waals surface area (Å²) < 4.78 is 5.49. The van der Waals surface area contributed by atoms with E-state index < -0.39 is 11.6 Å². The molecule has 0 fully saturated rings. The molecule has 5 nitrogen and oxygen atoms in total. The Morgan fingerprint density at radius 3 is 2.55 bits per heavy atom. The van der Waals surface area contributed by atoms with Gasteiger partial charge in [0.2, 0.25) is 5.91 Å². The summed E-state index contributed by atoms with van der Waals surface area (Å²) in [6.07, 6.45) is -0.429. The van der Waals surface area contributed by atoms with Crippen molar-refractivity contribution >= 4 is 5.91 Å². The van der Waals surface area contributed by atoms with Gasteiger partial charge in [0.1, 0.15) is 18.5 Å². The second kappa shape index (κ2) is 7.26. The number of rotatable bonds is 8. The van der Waals surface area contributed by atoms with Crippen LogP contribution in [0.4, 0.5) is 0 Å². The van der Waals surface area contributed by atoms with Gasteiger partial charge in [-0.2, -0.15) is 0 Å². The van der Waals surface area contributed by atoms with Gasteiger partial charge in [-0.05, 0) is 32.9 Å². The van der Waals surface area contributed by atoms with Gasteiger partial charge in [0, 0.05) is 18.5 Å². The van der Waals surface area contributed by atoms with E-state index in [0.717, 1.165) is 11.3 Å². The molecule has 0 spiro atoms. The second-order valence-corrected chi connectivity index (χ2v) is 5.69. The van der Waals surface area contributed by atoms with Crippen LogP contribution in [0, 0.1) is 6.92 Å². The topological polar surface area (TPSA) is 84.6 Å².